The normalized spacial score (nSPS) is 22.1. The van der Waals surface area contributed by atoms with E-state index >= 15 is 0 Å². The molecular weight excluding hydrogens is 284 g/mol. The molecule has 0 spiro atoms. The standard InChI is InChI=1S/C15H18N4O3/c20-13-12(10-11-4-2-1-3-5-11)14(21)17-15(16-13)18-19-6-8-22-9-7-19/h1-5,12H,6-10H2,(H2,16,17,18,20,21). The van der Waals surface area contributed by atoms with E-state index in [0.29, 0.717) is 32.7 Å². The average Bonchev–Trinajstić information content (AvgIpc) is 2.53. The molecule has 22 heavy (non-hydrogen) atoms. The third kappa shape index (κ3) is 3.43. The zero-order chi connectivity index (χ0) is 15.4. The molecule has 7 nitrogen and oxygen atoms in total. The molecule has 0 bridgehead atoms. The first-order valence-electron chi connectivity index (χ1n) is 7.29. The van der Waals surface area contributed by atoms with Crippen molar-refractivity contribution in [3.8, 4) is 0 Å². The summed E-state index contributed by atoms with van der Waals surface area (Å²) in [4.78, 5) is 24.3. The molecule has 7 heteroatoms. The third-order valence-corrected chi connectivity index (χ3v) is 3.63. The van der Waals surface area contributed by atoms with Gasteiger partial charge >= 0.3 is 0 Å². The number of benzene rings is 1. The largest absolute Gasteiger partial charge is 0.378 e. The maximum Gasteiger partial charge on any atom is 0.239 e. The van der Waals surface area contributed by atoms with Crippen LogP contribution in [-0.4, -0.2) is 49.1 Å². The number of carbonyl (C=O) groups is 2. The Morgan fingerprint density at radius 1 is 1.09 bits per heavy atom. The van der Waals surface area contributed by atoms with Crippen LogP contribution < -0.4 is 10.6 Å². The first kappa shape index (κ1) is 14.5. The summed E-state index contributed by atoms with van der Waals surface area (Å²) in [7, 11) is 0. The van der Waals surface area contributed by atoms with Gasteiger partial charge in [0.25, 0.3) is 0 Å². The zero-order valence-electron chi connectivity index (χ0n) is 12.1. The van der Waals surface area contributed by atoms with Gasteiger partial charge in [-0.3, -0.25) is 25.2 Å². The van der Waals surface area contributed by atoms with Gasteiger partial charge in [-0.05, 0) is 12.0 Å². The van der Waals surface area contributed by atoms with Crippen molar-refractivity contribution in [1.82, 2.24) is 15.6 Å². The summed E-state index contributed by atoms with van der Waals surface area (Å²) in [5, 5.41) is 11.3. The first-order chi connectivity index (χ1) is 10.7. The van der Waals surface area contributed by atoms with E-state index in [1.54, 1.807) is 5.01 Å². The van der Waals surface area contributed by atoms with E-state index in [-0.39, 0.29) is 17.8 Å². The maximum atomic E-state index is 12.2. The van der Waals surface area contributed by atoms with Crippen LogP contribution >= 0.6 is 0 Å². The summed E-state index contributed by atoms with van der Waals surface area (Å²) in [6.45, 7) is 2.47. The lowest BCUT2D eigenvalue weighted by molar-refractivity contribution is -0.135. The lowest BCUT2D eigenvalue weighted by Gasteiger charge is -2.28. The van der Waals surface area contributed by atoms with E-state index in [1.165, 1.54) is 0 Å². The summed E-state index contributed by atoms with van der Waals surface area (Å²) in [6.07, 6.45) is 0.378. The molecule has 3 rings (SSSR count). The van der Waals surface area contributed by atoms with Gasteiger partial charge in [0.1, 0.15) is 5.92 Å². The van der Waals surface area contributed by atoms with Crippen LogP contribution in [0.4, 0.5) is 0 Å². The fourth-order valence-corrected chi connectivity index (χ4v) is 2.44. The summed E-state index contributed by atoms with van der Waals surface area (Å²) in [6, 6.07) is 9.48. The van der Waals surface area contributed by atoms with Gasteiger partial charge in [-0.1, -0.05) is 30.3 Å². The Morgan fingerprint density at radius 3 is 2.36 bits per heavy atom. The van der Waals surface area contributed by atoms with Gasteiger partial charge in [0, 0.05) is 0 Å². The van der Waals surface area contributed by atoms with Crippen molar-refractivity contribution in [2.45, 2.75) is 6.42 Å². The number of carbonyl (C=O) groups excluding carboxylic acids is 2. The highest BCUT2D eigenvalue weighted by Crippen LogP contribution is 2.12. The summed E-state index contributed by atoms with van der Waals surface area (Å²) in [5.74, 6) is -1.17. The second-order valence-corrected chi connectivity index (χ2v) is 5.24. The predicted octanol–water partition coefficient (Wildman–Crippen LogP) is -0.305. The van der Waals surface area contributed by atoms with Gasteiger partial charge < -0.3 is 4.74 Å². The number of amides is 2. The molecule has 2 saturated heterocycles. The average molecular weight is 302 g/mol. The van der Waals surface area contributed by atoms with Crippen molar-refractivity contribution in [2.75, 3.05) is 26.3 Å². The molecule has 1 aromatic carbocycles. The Kier molecular flexibility index (Phi) is 4.34. The van der Waals surface area contributed by atoms with Crippen molar-refractivity contribution in [3.05, 3.63) is 35.9 Å². The third-order valence-electron chi connectivity index (χ3n) is 3.63. The van der Waals surface area contributed by atoms with Crippen LogP contribution in [0.25, 0.3) is 0 Å². The number of nitrogens with one attached hydrogen (secondary N) is 2. The smallest absolute Gasteiger partial charge is 0.239 e. The first-order valence-corrected chi connectivity index (χ1v) is 7.29. The molecule has 2 fully saturated rings. The highest BCUT2D eigenvalue weighted by Gasteiger charge is 2.33. The van der Waals surface area contributed by atoms with E-state index in [4.69, 9.17) is 4.74 Å². The Morgan fingerprint density at radius 2 is 1.73 bits per heavy atom. The molecule has 0 aliphatic carbocycles. The van der Waals surface area contributed by atoms with Crippen molar-refractivity contribution in [1.29, 1.82) is 0 Å². The minimum atomic E-state index is -0.731. The fourth-order valence-electron chi connectivity index (χ4n) is 2.44. The van der Waals surface area contributed by atoms with Crippen LogP contribution in [0.5, 0.6) is 0 Å². The van der Waals surface area contributed by atoms with Crippen LogP contribution in [0.1, 0.15) is 5.56 Å². The van der Waals surface area contributed by atoms with Gasteiger partial charge in [-0.15, -0.1) is 5.10 Å². The quantitative estimate of drug-likeness (QED) is 0.751. The Bertz CT molecular complexity index is 562. The topological polar surface area (TPSA) is 83.0 Å². The lowest BCUT2D eigenvalue weighted by atomic mass is 9.96. The number of nitrogens with zero attached hydrogens (tertiary/aromatic N) is 2. The van der Waals surface area contributed by atoms with Crippen molar-refractivity contribution < 1.29 is 14.3 Å². The van der Waals surface area contributed by atoms with E-state index in [9.17, 15) is 9.59 Å². The minimum absolute atomic E-state index is 0.196. The van der Waals surface area contributed by atoms with E-state index < -0.39 is 5.92 Å². The van der Waals surface area contributed by atoms with Gasteiger partial charge in [0.15, 0.2) is 0 Å². The monoisotopic (exact) mass is 302 g/mol. The van der Waals surface area contributed by atoms with Gasteiger partial charge in [0.05, 0.1) is 26.3 Å². The second kappa shape index (κ2) is 6.57. The number of hydrazone groups is 1. The Hall–Kier alpha value is -2.41. The molecule has 0 radical (unpaired) electrons. The summed E-state index contributed by atoms with van der Waals surface area (Å²) in [5.41, 5.74) is 0.950. The maximum absolute atomic E-state index is 12.2. The van der Waals surface area contributed by atoms with Crippen molar-refractivity contribution in [3.63, 3.8) is 0 Å². The zero-order valence-corrected chi connectivity index (χ0v) is 12.1. The molecule has 0 saturated carbocycles. The van der Waals surface area contributed by atoms with Crippen LogP contribution in [0, 0.1) is 5.92 Å². The fraction of sp³-hybridized carbons (Fsp3) is 0.400. The highest BCUT2D eigenvalue weighted by molar-refractivity contribution is 6.17. The van der Waals surface area contributed by atoms with E-state index in [2.05, 4.69) is 15.7 Å². The second-order valence-electron chi connectivity index (χ2n) is 5.24. The number of morpholine rings is 1. The predicted molar refractivity (Wildman–Crippen MR) is 79.7 cm³/mol. The van der Waals surface area contributed by atoms with Crippen LogP contribution in [0.3, 0.4) is 0 Å². The molecule has 2 aliphatic heterocycles. The molecule has 1 aromatic rings. The number of rotatable bonds is 3. The van der Waals surface area contributed by atoms with Crippen LogP contribution in [0.2, 0.25) is 0 Å². The summed E-state index contributed by atoms with van der Waals surface area (Å²) >= 11 is 0. The van der Waals surface area contributed by atoms with E-state index in [1.807, 2.05) is 30.3 Å². The van der Waals surface area contributed by atoms with Gasteiger partial charge in [-0.25, -0.2) is 0 Å². The van der Waals surface area contributed by atoms with Crippen molar-refractivity contribution >= 4 is 17.8 Å². The number of hydrogen-bond acceptors (Lipinski definition) is 5. The van der Waals surface area contributed by atoms with Crippen molar-refractivity contribution in [2.24, 2.45) is 11.0 Å². The molecule has 2 N–H and O–H groups in total. The molecule has 0 aromatic heterocycles. The van der Waals surface area contributed by atoms with Crippen LogP contribution in [0.15, 0.2) is 35.4 Å². The van der Waals surface area contributed by atoms with Crippen LogP contribution in [-0.2, 0) is 20.7 Å². The molecular formula is C15H18N4O3. The molecule has 2 aliphatic rings. The molecule has 116 valence electrons. The molecule has 2 heterocycles. The molecule has 0 unspecified atom stereocenters. The molecule has 2 amide bonds. The number of guanidine groups is 1. The Balaban J connectivity index is 1.65. The van der Waals surface area contributed by atoms with Gasteiger partial charge in [0.2, 0.25) is 17.8 Å². The minimum Gasteiger partial charge on any atom is -0.378 e. The molecule has 0 atom stereocenters. The number of hydrogen-bond donors (Lipinski definition) is 2. The van der Waals surface area contributed by atoms with Gasteiger partial charge in [-0.2, -0.15) is 0 Å². The SMILES string of the molecule is O=C1NC(=NN2CCOCC2)NC(=O)C1Cc1ccccc1. The lowest BCUT2D eigenvalue weighted by Crippen LogP contribution is -2.57. The highest BCUT2D eigenvalue weighted by atomic mass is 16.5. The Labute approximate surface area is 128 Å². The van der Waals surface area contributed by atoms with E-state index in [0.717, 1.165) is 5.56 Å². The number of ether oxygens (including phenoxy) is 1. The summed E-state index contributed by atoms with van der Waals surface area (Å²) < 4.78 is 5.23.